The summed E-state index contributed by atoms with van der Waals surface area (Å²) in [6.45, 7) is 3.70. The molecule has 4 heterocycles. The maximum atomic E-state index is 14.3. The Balaban J connectivity index is 1.33. The molecule has 182 valence electrons. The van der Waals surface area contributed by atoms with Crippen LogP contribution in [0.1, 0.15) is 37.1 Å². The monoisotopic (exact) mass is 496 g/mol. The van der Waals surface area contributed by atoms with E-state index in [-0.39, 0.29) is 10.8 Å². The molecule has 1 aliphatic heterocycles. The van der Waals surface area contributed by atoms with E-state index in [0.717, 1.165) is 62.0 Å². The first-order valence-corrected chi connectivity index (χ1v) is 13.2. The lowest BCUT2D eigenvalue weighted by atomic mass is 9.96. The number of nitrogens with zero attached hydrogens (tertiary/aromatic N) is 7. The molecule has 35 heavy (non-hydrogen) atoms. The number of nitrogens with one attached hydrogen (secondary N) is 1. The molecule has 1 fully saturated rings. The quantitative estimate of drug-likeness (QED) is 0.429. The number of fused-ring (bicyclic) bond motifs is 1. The number of hydrogen-bond donors (Lipinski definition) is 1. The number of aryl methyl sites for hydroxylation is 1. The number of hydrogen-bond acceptors (Lipinski definition) is 9. The van der Waals surface area contributed by atoms with Crippen LogP contribution in [0.5, 0.6) is 0 Å². The van der Waals surface area contributed by atoms with Crippen molar-refractivity contribution in [2.24, 2.45) is 0 Å². The molecule has 10 nitrogen and oxygen atoms in total. The Morgan fingerprint density at radius 2 is 1.86 bits per heavy atom. The number of anilines is 3. The molecule has 5 rings (SSSR count). The van der Waals surface area contributed by atoms with Crippen LogP contribution in [-0.2, 0) is 16.3 Å². The van der Waals surface area contributed by atoms with Gasteiger partial charge in [0.2, 0.25) is 11.6 Å². The van der Waals surface area contributed by atoms with Gasteiger partial charge in [0.25, 0.3) is 0 Å². The lowest BCUT2D eigenvalue weighted by Crippen LogP contribution is -2.34. The summed E-state index contributed by atoms with van der Waals surface area (Å²) in [4.78, 5) is 15.1. The molecule has 0 spiro atoms. The number of aromatic nitrogens is 6. The number of sulfone groups is 1. The first kappa shape index (κ1) is 23.1. The molecule has 1 saturated heterocycles. The predicted molar refractivity (Wildman–Crippen MR) is 129 cm³/mol. The second-order valence-corrected chi connectivity index (χ2v) is 10.6. The molecule has 0 amide bonds. The van der Waals surface area contributed by atoms with E-state index in [1.807, 2.05) is 23.0 Å². The van der Waals surface area contributed by atoms with Crippen LogP contribution in [0.2, 0.25) is 0 Å². The molecule has 0 radical (unpaired) electrons. The summed E-state index contributed by atoms with van der Waals surface area (Å²) in [5.41, 5.74) is 1.99. The van der Waals surface area contributed by atoms with Crippen molar-refractivity contribution >= 4 is 32.9 Å². The molecule has 4 aromatic rings. The van der Waals surface area contributed by atoms with Crippen molar-refractivity contribution in [1.29, 1.82) is 0 Å². The van der Waals surface area contributed by atoms with Crippen molar-refractivity contribution in [2.45, 2.75) is 37.0 Å². The molecule has 0 atom stereocenters. The topological polar surface area (TPSA) is 118 Å². The summed E-state index contributed by atoms with van der Waals surface area (Å²) >= 11 is 0. The Morgan fingerprint density at radius 1 is 1.11 bits per heavy atom. The Morgan fingerprint density at radius 3 is 2.51 bits per heavy atom. The van der Waals surface area contributed by atoms with Gasteiger partial charge in [0.05, 0.1) is 0 Å². The maximum Gasteiger partial charge on any atom is 0.225 e. The van der Waals surface area contributed by atoms with Crippen LogP contribution in [0.25, 0.3) is 5.65 Å². The smallest absolute Gasteiger partial charge is 0.225 e. The van der Waals surface area contributed by atoms with Crippen LogP contribution in [0.15, 0.2) is 47.9 Å². The third-order valence-corrected chi connectivity index (χ3v) is 7.32. The second kappa shape index (κ2) is 9.17. The molecular weight excluding hydrogens is 471 g/mol. The highest BCUT2D eigenvalue weighted by Crippen LogP contribution is 2.30. The highest BCUT2D eigenvalue weighted by molar-refractivity contribution is 7.90. The molecular formula is C23H25FN8O2S. The van der Waals surface area contributed by atoms with Crippen LogP contribution in [0, 0.1) is 5.82 Å². The van der Waals surface area contributed by atoms with Gasteiger partial charge in [-0.2, -0.15) is 0 Å². The summed E-state index contributed by atoms with van der Waals surface area (Å²) in [5, 5.41) is 11.8. The number of halogens is 1. The summed E-state index contributed by atoms with van der Waals surface area (Å²) < 4.78 is 39.6. The zero-order chi connectivity index (χ0) is 24.6. The van der Waals surface area contributed by atoms with Gasteiger partial charge < -0.3 is 10.2 Å². The molecule has 1 aliphatic rings. The van der Waals surface area contributed by atoms with Crippen molar-refractivity contribution < 1.29 is 12.8 Å². The molecule has 0 bridgehead atoms. The second-order valence-electron chi connectivity index (χ2n) is 8.58. The van der Waals surface area contributed by atoms with E-state index in [4.69, 9.17) is 0 Å². The first-order chi connectivity index (χ1) is 16.8. The van der Waals surface area contributed by atoms with Gasteiger partial charge in [0.15, 0.2) is 15.7 Å². The van der Waals surface area contributed by atoms with Gasteiger partial charge in [-0.25, -0.2) is 27.8 Å². The lowest BCUT2D eigenvalue weighted by Gasteiger charge is -2.31. The number of benzene rings is 1. The van der Waals surface area contributed by atoms with Crippen molar-refractivity contribution in [3.8, 4) is 0 Å². The van der Waals surface area contributed by atoms with Crippen LogP contribution in [0.3, 0.4) is 0 Å². The highest BCUT2D eigenvalue weighted by atomic mass is 32.2. The minimum atomic E-state index is -3.65. The van der Waals surface area contributed by atoms with Crippen molar-refractivity contribution in [3.05, 3.63) is 60.2 Å². The van der Waals surface area contributed by atoms with Crippen LogP contribution in [0.4, 0.5) is 21.8 Å². The van der Waals surface area contributed by atoms with E-state index in [0.29, 0.717) is 17.2 Å². The predicted octanol–water partition coefficient (Wildman–Crippen LogP) is 3.15. The molecule has 1 N–H and O–H groups in total. The summed E-state index contributed by atoms with van der Waals surface area (Å²) in [5.74, 6) is 1.37. The van der Waals surface area contributed by atoms with Gasteiger partial charge in [-0.1, -0.05) is 6.92 Å². The average Bonchev–Trinajstić information content (AvgIpc) is 3.29. The van der Waals surface area contributed by atoms with E-state index in [9.17, 15) is 12.8 Å². The van der Waals surface area contributed by atoms with Crippen LogP contribution in [-0.4, -0.2) is 57.3 Å². The normalized spacial score (nSPS) is 15.0. The van der Waals surface area contributed by atoms with Crippen molar-refractivity contribution in [3.63, 3.8) is 0 Å². The molecule has 1 aromatic carbocycles. The highest BCUT2D eigenvalue weighted by Gasteiger charge is 2.26. The largest absolute Gasteiger partial charge is 0.341 e. The fraction of sp³-hybridized carbons (Fsp3) is 0.348. The molecule has 0 saturated carbocycles. The zero-order valence-corrected chi connectivity index (χ0v) is 20.2. The number of piperidine rings is 1. The van der Waals surface area contributed by atoms with E-state index < -0.39 is 15.7 Å². The van der Waals surface area contributed by atoms with Gasteiger partial charge in [0, 0.05) is 55.7 Å². The van der Waals surface area contributed by atoms with Gasteiger partial charge in [0.1, 0.15) is 16.5 Å². The maximum absolute atomic E-state index is 14.3. The molecule has 0 aliphatic carbocycles. The SMILES string of the molecule is CCc1cnc(N2CCC(c3nnc4c(Nc5ccc(S(C)(=O)=O)c(F)c5)nccn34)CC2)nc1. The summed E-state index contributed by atoms with van der Waals surface area (Å²) in [6, 6.07) is 3.85. The molecule has 12 heteroatoms. The zero-order valence-electron chi connectivity index (χ0n) is 19.4. The van der Waals surface area contributed by atoms with Crippen LogP contribution < -0.4 is 10.2 Å². The molecule has 0 unspecified atom stereocenters. The Kier molecular flexibility index (Phi) is 6.05. The van der Waals surface area contributed by atoms with E-state index in [1.54, 1.807) is 6.20 Å². The minimum Gasteiger partial charge on any atom is -0.341 e. The van der Waals surface area contributed by atoms with Gasteiger partial charge >= 0.3 is 0 Å². The average molecular weight is 497 g/mol. The third kappa shape index (κ3) is 4.65. The summed E-state index contributed by atoms with van der Waals surface area (Å²) in [6.07, 6.45) is 10.8. The number of rotatable bonds is 6. The van der Waals surface area contributed by atoms with E-state index in [1.165, 1.54) is 12.1 Å². The third-order valence-electron chi connectivity index (χ3n) is 6.19. The van der Waals surface area contributed by atoms with Gasteiger partial charge in [-0.3, -0.25) is 4.40 Å². The van der Waals surface area contributed by atoms with E-state index >= 15 is 0 Å². The van der Waals surface area contributed by atoms with E-state index in [2.05, 4.69) is 42.3 Å². The van der Waals surface area contributed by atoms with Gasteiger partial charge in [-0.05, 0) is 43.0 Å². The lowest BCUT2D eigenvalue weighted by molar-refractivity contribution is 0.477. The Bertz CT molecular complexity index is 1460. The Labute approximate surface area is 202 Å². The van der Waals surface area contributed by atoms with Crippen LogP contribution >= 0.6 is 0 Å². The standard InChI is InChI=1S/C23H25FN8O2S/c1-3-15-13-26-23(27-14-15)31-9-6-16(7-10-31)21-29-30-22-20(25-8-11-32(21)22)28-17-4-5-19(18(24)12-17)35(2,33)34/h4-5,8,11-14,16H,3,6-7,9-10H2,1-2H3,(H,25,28). The fourth-order valence-electron chi connectivity index (χ4n) is 4.26. The first-order valence-electron chi connectivity index (χ1n) is 11.4. The van der Waals surface area contributed by atoms with Crippen molar-refractivity contribution in [1.82, 2.24) is 29.5 Å². The fourth-order valence-corrected chi connectivity index (χ4v) is 4.99. The summed E-state index contributed by atoms with van der Waals surface area (Å²) in [7, 11) is -3.65. The Hall–Kier alpha value is -3.67. The van der Waals surface area contributed by atoms with Gasteiger partial charge in [-0.15, -0.1) is 10.2 Å². The van der Waals surface area contributed by atoms with Crippen molar-refractivity contribution in [2.75, 3.05) is 29.6 Å². The minimum absolute atomic E-state index is 0.206. The molecule has 3 aromatic heterocycles.